The van der Waals surface area contributed by atoms with Gasteiger partial charge in [0.15, 0.2) is 5.82 Å². The molecule has 55 heavy (non-hydrogen) atoms. The molecule has 12 heteroatoms. The van der Waals surface area contributed by atoms with E-state index in [1.807, 2.05) is 39.8 Å². The van der Waals surface area contributed by atoms with Crippen LogP contribution in [0.2, 0.25) is 0 Å². The van der Waals surface area contributed by atoms with Gasteiger partial charge in [0.25, 0.3) is 11.8 Å². The highest BCUT2D eigenvalue weighted by Gasteiger charge is 2.27. The lowest BCUT2D eigenvalue weighted by molar-refractivity contribution is 0.0945. The molecule has 0 saturated heterocycles. The summed E-state index contributed by atoms with van der Waals surface area (Å²) in [5.74, 6) is -0.219. The SMILES string of the molecule is CCCCCCCCCCCCCCCCCCN(C)C(=O)n1cc2cc(C)c(NC(=O)c3cc(OC)nn3-c3ncccc3C)c(C(=O)NC(C)C)c2n1. The zero-order valence-electron chi connectivity index (χ0n) is 34.4. The Hall–Kier alpha value is -4.74. The van der Waals surface area contributed by atoms with Gasteiger partial charge in [-0.05, 0) is 57.4 Å². The van der Waals surface area contributed by atoms with Gasteiger partial charge in [-0.25, -0.2) is 14.5 Å². The van der Waals surface area contributed by atoms with Crippen molar-refractivity contribution in [2.75, 3.05) is 26.0 Å². The standard InChI is InChI=1S/C43H64N8O4/c1-8-9-10-11-12-13-14-15-16-17-18-19-20-21-22-23-27-49(6)43(54)50-30-34-28-33(5)38(37(39(34)48-50)42(53)45-31(2)3)46-41(52)35-29-36(55-7)47-51(35)40-32(4)25-24-26-44-40/h24-26,28-31H,8-23,27H2,1-7H3,(H,45,53)(H,46,52). The molecule has 0 aliphatic rings. The number of nitrogens with one attached hydrogen (secondary N) is 2. The van der Waals surface area contributed by atoms with Gasteiger partial charge in [-0.15, -0.1) is 5.10 Å². The molecule has 3 aromatic heterocycles. The summed E-state index contributed by atoms with van der Waals surface area (Å²) in [7, 11) is 3.26. The van der Waals surface area contributed by atoms with E-state index in [9.17, 15) is 14.4 Å². The molecule has 0 spiro atoms. The van der Waals surface area contributed by atoms with Crippen molar-refractivity contribution in [1.82, 2.24) is 34.8 Å². The van der Waals surface area contributed by atoms with Crippen molar-refractivity contribution in [1.29, 1.82) is 0 Å². The zero-order chi connectivity index (χ0) is 39.7. The van der Waals surface area contributed by atoms with Crippen LogP contribution in [0.3, 0.4) is 0 Å². The Morgan fingerprint density at radius 2 is 1.42 bits per heavy atom. The van der Waals surface area contributed by atoms with Gasteiger partial charge in [0, 0.05) is 43.5 Å². The summed E-state index contributed by atoms with van der Waals surface area (Å²) in [5.41, 5.74) is 2.40. The third-order valence-electron chi connectivity index (χ3n) is 10.1. The molecule has 0 fully saturated rings. The Morgan fingerprint density at radius 1 is 0.818 bits per heavy atom. The second-order valence-corrected chi connectivity index (χ2v) is 15.2. The summed E-state index contributed by atoms with van der Waals surface area (Å²) < 4.78 is 8.07. The molecule has 0 saturated carbocycles. The number of aromatic nitrogens is 5. The molecule has 0 atom stereocenters. The normalized spacial score (nSPS) is 11.3. The lowest BCUT2D eigenvalue weighted by Crippen LogP contribution is -2.33. The number of rotatable bonds is 23. The predicted octanol–water partition coefficient (Wildman–Crippen LogP) is 9.79. The monoisotopic (exact) mass is 757 g/mol. The molecule has 4 aromatic rings. The van der Waals surface area contributed by atoms with Crippen LogP contribution in [-0.4, -0.2) is 74.0 Å². The summed E-state index contributed by atoms with van der Waals surface area (Å²) in [6.45, 7) is 10.3. The highest BCUT2D eigenvalue weighted by molar-refractivity contribution is 6.15. The first-order valence-corrected chi connectivity index (χ1v) is 20.5. The van der Waals surface area contributed by atoms with E-state index in [0.29, 0.717) is 34.5 Å². The molecule has 0 aliphatic heterocycles. The van der Waals surface area contributed by atoms with Crippen molar-refractivity contribution in [3.8, 4) is 11.7 Å². The van der Waals surface area contributed by atoms with Crippen LogP contribution in [0.1, 0.15) is 155 Å². The minimum absolute atomic E-state index is 0.171. The number of methoxy groups -OCH3 is 1. The second-order valence-electron chi connectivity index (χ2n) is 15.2. The van der Waals surface area contributed by atoms with E-state index in [4.69, 9.17) is 4.74 Å². The van der Waals surface area contributed by atoms with Gasteiger partial charge in [-0.3, -0.25) is 9.59 Å². The van der Waals surface area contributed by atoms with Crippen LogP contribution in [0.4, 0.5) is 10.5 Å². The molecule has 0 unspecified atom stereocenters. The van der Waals surface area contributed by atoms with Gasteiger partial charge in [0.2, 0.25) is 5.88 Å². The highest BCUT2D eigenvalue weighted by Crippen LogP contribution is 2.31. The first kappa shape index (κ1) is 43.0. The minimum atomic E-state index is -0.518. The zero-order valence-corrected chi connectivity index (χ0v) is 34.4. The summed E-state index contributed by atoms with van der Waals surface area (Å²) in [5, 5.41) is 15.6. The van der Waals surface area contributed by atoms with Crippen LogP contribution in [0, 0.1) is 13.8 Å². The molecular formula is C43H64N8O4. The van der Waals surface area contributed by atoms with Crippen molar-refractivity contribution in [2.24, 2.45) is 0 Å². The number of pyridine rings is 1. The fourth-order valence-corrected chi connectivity index (χ4v) is 6.95. The van der Waals surface area contributed by atoms with E-state index in [0.717, 1.165) is 18.4 Å². The van der Waals surface area contributed by atoms with Gasteiger partial charge in [0.05, 0.1) is 18.4 Å². The number of hydrogen-bond acceptors (Lipinski definition) is 7. The number of nitrogens with zero attached hydrogens (tertiary/aromatic N) is 6. The van der Waals surface area contributed by atoms with Crippen molar-refractivity contribution in [3.05, 3.63) is 59.0 Å². The maximum absolute atomic E-state index is 14.0. The Kier molecular flexibility index (Phi) is 17.2. The van der Waals surface area contributed by atoms with Gasteiger partial charge in [0.1, 0.15) is 11.2 Å². The lowest BCUT2D eigenvalue weighted by Gasteiger charge is -2.17. The molecule has 3 heterocycles. The number of unbranched alkanes of at least 4 members (excludes halogenated alkanes) is 15. The van der Waals surface area contributed by atoms with Gasteiger partial charge < -0.3 is 20.3 Å². The van der Waals surface area contributed by atoms with Crippen molar-refractivity contribution < 1.29 is 19.1 Å². The molecule has 0 aliphatic carbocycles. The van der Waals surface area contributed by atoms with E-state index >= 15 is 0 Å². The number of benzene rings is 1. The fourth-order valence-electron chi connectivity index (χ4n) is 6.95. The van der Waals surface area contributed by atoms with E-state index < -0.39 is 11.8 Å². The number of aryl methyl sites for hydroxylation is 2. The Bertz CT molecular complexity index is 1850. The first-order valence-electron chi connectivity index (χ1n) is 20.5. The number of carbonyl (C=O) groups is 3. The first-order chi connectivity index (χ1) is 26.5. The van der Waals surface area contributed by atoms with Crippen LogP contribution < -0.4 is 15.4 Å². The Balaban J connectivity index is 1.36. The quantitative estimate of drug-likeness (QED) is 0.0719. The van der Waals surface area contributed by atoms with E-state index in [1.54, 1.807) is 30.4 Å². The molecule has 0 radical (unpaired) electrons. The molecule has 4 rings (SSSR count). The molecule has 3 amide bonds. The average molecular weight is 757 g/mol. The predicted molar refractivity (Wildman–Crippen MR) is 221 cm³/mol. The maximum Gasteiger partial charge on any atom is 0.344 e. The molecule has 1 aromatic carbocycles. The smallest absolute Gasteiger partial charge is 0.344 e. The lowest BCUT2D eigenvalue weighted by atomic mass is 10.0. The number of anilines is 1. The van der Waals surface area contributed by atoms with Crippen molar-refractivity contribution in [2.45, 2.75) is 143 Å². The van der Waals surface area contributed by atoms with E-state index in [1.165, 1.54) is 112 Å². The summed E-state index contributed by atoms with van der Waals surface area (Å²) >= 11 is 0. The molecule has 2 N–H and O–H groups in total. The number of fused-ring (bicyclic) bond motifs is 1. The molecule has 0 bridgehead atoms. The topological polar surface area (TPSA) is 136 Å². The average Bonchev–Trinajstić information content (AvgIpc) is 3.79. The number of hydrogen-bond donors (Lipinski definition) is 2. The van der Waals surface area contributed by atoms with Crippen LogP contribution in [0.25, 0.3) is 16.7 Å². The molecular weight excluding hydrogens is 693 g/mol. The van der Waals surface area contributed by atoms with Crippen LogP contribution in [-0.2, 0) is 0 Å². The largest absolute Gasteiger partial charge is 0.480 e. The van der Waals surface area contributed by atoms with Crippen LogP contribution in [0.5, 0.6) is 5.88 Å². The highest BCUT2D eigenvalue weighted by atomic mass is 16.5. The summed E-state index contributed by atoms with van der Waals surface area (Å²) in [6, 6.07) is 6.57. The Labute approximate surface area is 327 Å². The number of ether oxygens (including phenoxy) is 1. The summed E-state index contributed by atoms with van der Waals surface area (Å²) in [4.78, 5) is 47.4. The van der Waals surface area contributed by atoms with Crippen LogP contribution in [0.15, 0.2) is 36.7 Å². The number of amides is 3. The van der Waals surface area contributed by atoms with Gasteiger partial charge >= 0.3 is 6.03 Å². The van der Waals surface area contributed by atoms with E-state index in [2.05, 4.69) is 32.7 Å². The molecule has 12 nitrogen and oxygen atoms in total. The fraction of sp³-hybridized carbons (Fsp3) is 0.581. The van der Waals surface area contributed by atoms with Crippen LogP contribution >= 0.6 is 0 Å². The molecule has 300 valence electrons. The second kappa shape index (κ2) is 22.0. The maximum atomic E-state index is 14.0. The van der Waals surface area contributed by atoms with Crippen molar-refractivity contribution >= 4 is 34.4 Å². The van der Waals surface area contributed by atoms with Gasteiger partial charge in [-0.1, -0.05) is 109 Å². The summed E-state index contributed by atoms with van der Waals surface area (Å²) in [6.07, 6.45) is 24.0. The number of carbonyl (C=O) groups excluding carboxylic acids is 3. The Morgan fingerprint density at radius 3 is 1.98 bits per heavy atom. The van der Waals surface area contributed by atoms with Crippen molar-refractivity contribution in [3.63, 3.8) is 0 Å². The third-order valence-corrected chi connectivity index (χ3v) is 10.1. The van der Waals surface area contributed by atoms with Gasteiger partial charge in [-0.2, -0.15) is 9.78 Å². The van der Waals surface area contributed by atoms with E-state index in [-0.39, 0.29) is 29.2 Å². The third kappa shape index (κ3) is 12.4. The minimum Gasteiger partial charge on any atom is -0.480 e.